The minimum atomic E-state index is -1.02. The van der Waals surface area contributed by atoms with E-state index < -0.39 is 6.04 Å². The number of para-hydroxylation sites is 1. The van der Waals surface area contributed by atoms with E-state index in [1.165, 1.54) is 15.8 Å². The molecule has 0 bridgehead atoms. The first kappa shape index (κ1) is 23.2. The van der Waals surface area contributed by atoms with E-state index in [9.17, 15) is 9.59 Å². The maximum Gasteiger partial charge on any atom is 0.251 e. The van der Waals surface area contributed by atoms with E-state index in [1.54, 1.807) is 19.2 Å². The van der Waals surface area contributed by atoms with Crippen LogP contribution in [-0.2, 0) is 20.9 Å². The van der Waals surface area contributed by atoms with Gasteiger partial charge in [-0.05, 0) is 55.3 Å². The van der Waals surface area contributed by atoms with Gasteiger partial charge in [-0.3, -0.25) is 14.5 Å². The molecular formula is C25H27N5O4. The van der Waals surface area contributed by atoms with Crippen molar-refractivity contribution in [2.24, 2.45) is 0 Å². The molecule has 2 amide bonds. The number of carbonyl (C=O) groups is 2. The highest BCUT2D eigenvalue weighted by molar-refractivity contribution is 6.02. The Bertz CT molecular complexity index is 1280. The second-order valence-electron chi connectivity index (χ2n) is 7.92. The van der Waals surface area contributed by atoms with E-state index in [-0.39, 0.29) is 18.4 Å². The predicted molar refractivity (Wildman–Crippen MR) is 127 cm³/mol. The van der Waals surface area contributed by atoms with Crippen LogP contribution in [-0.4, -0.2) is 47.1 Å². The number of amides is 2. The zero-order valence-corrected chi connectivity index (χ0v) is 19.4. The molecule has 0 radical (unpaired) electrons. The Hall–Kier alpha value is -3.98. The van der Waals surface area contributed by atoms with Crippen LogP contribution in [0.4, 0.5) is 5.69 Å². The zero-order chi connectivity index (χ0) is 24.1. The van der Waals surface area contributed by atoms with Crippen LogP contribution in [0, 0.1) is 13.8 Å². The second-order valence-corrected chi connectivity index (χ2v) is 7.92. The van der Waals surface area contributed by atoms with Gasteiger partial charge in [-0.2, -0.15) is 0 Å². The number of anilines is 1. The van der Waals surface area contributed by atoms with Crippen LogP contribution in [0.15, 0.2) is 65.3 Å². The summed E-state index contributed by atoms with van der Waals surface area (Å²) in [6.07, 6.45) is 1.49. The zero-order valence-electron chi connectivity index (χ0n) is 19.4. The van der Waals surface area contributed by atoms with Crippen molar-refractivity contribution in [2.45, 2.75) is 26.4 Å². The maximum absolute atomic E-state index is 13.9. The fourth-order valence-electron chi connectivity index (χ4n) is 3.85. The van der Waals surface area contributed by atoms with E-state index in [1.807, 2.05) is 56.3 Å². The highest BCUT2D eigenvalue weighted by Crippen LogP contribution is 2.32. The van der Waals surface area contributed by atoms with Crippen molar-refractivity contribution in [2.75, 3.05) is 25.2 Å². The molecule has 0 fully saturated rings. The summed E-state index contributed by atoms with van der Waals surface area (Å²) in [4.78, 5) is 28.8. The second kappa shape index (κ2) is 10.3. The number of fused-ring (bicyclic) bond motifs is 1. The van der Waals surface area contributed by atoms with Crippen molar-refractivity contribution in [1.29, 1.82) is 0 Å². The first-order chi connectivity index (χ1) is 16.5. The Balaban J connectivity index is 1.78. The number of carbonyl (C=O) groups excluding carboxylic acids is 2. The standard InChI is InChI=1S/C25H27N5O4/c1-17-8-6-11-20(18(17)2)30(23(31)16-29-21-10-5-4-9-19(21)27-28-29)24(22-12-7-14-34-22)25(32)26-13-15-33-3/h4-12,14,24H,13,15-16H2,1-3H3,(H,26,32)/t24-/m1/s1. The fraction of sp³-hybridized carbons (Fsp3) is 0.280. The summed E-state index contributed by atoms with van der Waals surface area (Å²) >= 11 is 0. The van der Waals surface area contributed by atoms with Gasteiger partial charge in [0.05, 0.1) is 18.4 Å². The summed E-state index contributed by atoms with van der Waals surface area (Å²) in [5.74, 6) is -0.343. The van der Waals surface area contributed by atoms with Gasteiger partial charge in [-0.15, -0.1) is 5.10 Å². The molecule has 2 aromatic heterocycles. The highest BCUT2D eigenvalue weighted by atomic mass is 16.5. The third-order valence-corrected chi connectivity index (χ3v) is 5.73. The molecule has 34 heavy (non-hydrogen) atoms. The fourth-order valence-corrected chi connectivity index (χ4v) is 3.85. The average molecular weight is 462 g/mol. The predicted octanol–water partition coefficient (Wildman–Crippen LogP) is 3.18. The molecule has 2 aromatic carbocycles. The van der Waals surface area contributed by atoms with Gasteiger partial charge in [-0.25, -0.2) is 4.68 Å². The van der Waals surface area contributed by atoms with Gasteiger partial charge in [0.15, 0.2) is 6.04 Å². The van der Waals surface area contributed by atoms with E-state index >= 15 is 0 Å². The Labute approximate surface area is 197 Å². The lowest BCUT2D eigenvalue weighted by atomic mass is 10.0. The van der Waals surface area contributed by atoms with Crippen LogP contribution in [0.5, 0.6) is 0 Å². The van der Waals surface area contributed by atoms with Crippen molar-refractivity contribution in [3.63, 3.8) is 0 Å². The molecule has 2 heterocycles. The van der Waals surface area contributed by atoms with Crippen molar-refractivity contribution < 1.29 is 18.7 Å². The Morgan fingerprint density at radius 1 is 1.12 bits per heavy atom. The minimum absolute atomic E-state index is 0.101. The number of aryl methyl sites for hydroxylation is 1. The number of nitrogens with zero attached hydrogens (tertiary/aromatic N) is 4. The molecule has 9 heteroatoms. The topological polar surface area (TPSA) is 102 Å². The molecule has 0 spiro atoms. The Morgan fingerprint density at radius 2 is 1.94 bits per heavy atom. The number of ether oxygens (including phenoxy) is 1. The van der Waals surface area contributed by atoms with Gasteiger partial charge in [0.1, 0.15) is 17.8 Å². The van der Waals surface area contributed by atoms with Crippen molar-refractivity contribution >= 4 is 28.5 Å². The highest BCUT2D eigenvalue weighted by Gasteiger charge is 2.36. The SMILES string of the molecule is COCCNC(=O)[C@@H](c1ccco1)N(C(=O)Cn1nnc2ccccc21)c1cccc(C)c1C. The molecule has 1 atom stereocenters. The van der Waals surface area contributed by atoms with Crippen molar-refractivity contribution in [3.05, 3.63) is 77.7 Å². The lowest BCUT2D eigenvalue weighted by Gasteiger charge is -2.31. The van der Waals surface area contributed by atoms with Gasteiger partial charge in [0, 0.05) is 19.3 Å². The molecule has 0 saturated carbocycles. The van der Waals surface area contributed by atoms with E-state index in [0.717, 1.165) is 16.6 Å². The number of hydrogen-bond acceptors (Lipinski definition) is 6. The quantitative estimate of drug-likeness (QED) is 0.384. The number of aromatic nitrogens is 3. The Morgan fingerprint density at radius 3 is 2.71 bits per heavy atom. The van der Waals surface area contributed by atoms with Gasteiger partial charge in [0.2, 0.25) is 5.91 Å². The van der Waals surface area contributed by atoms with E-state index in [0.29, 0.717) is 30.1 Å². The van der Waals surface area contributed by atoms with E-state index in [4.69, 9.17) is 9.15 Å². The summed E-state index contributed by atoms with van der Waals surface area (Å²) < 4.78 is 12.2. The largest absolute Gasteiger partial charge is 0.467 e. The monoisotopic (exact) mass is 461 g/mol. The Kier molecular flexibility index (Phi) is 7.03. The third-order valence-electron chi connectivity index (χ3n) is 5.73. The molecule has 9 nitrogen and oxygen atoms in total. The normalized spacial score (nSPS) is 12.0. The molecule has 0 saturated heterocycles. The van der Waals surface area contributed by atoms with Crippen molar-refractivity contribution in [3.8, 4) is 0 Å². The number of benzene rings is 2. The van der Waals surface area contributed by atoms with Crippen LogP contribution in [0.25, 0.3) is 11.0 Å². The van der Waals surface area contributed by atoms with Crippen LogP contribution < -0.4 is 10.2 Å². The molecule has 0 aliphatic rings. The third kappa shape index (κ3) is 4.69. The summed E-state index contributed by atoms with van der Waals surface area (Å²) in [5.41, 5.74) is 3.93. The number of rotatable bonds is 9. The lowest BCUT2D eigenvalue weighted by Crippen LogP contribution is -2.46. The van der Waals surface area contributed by atoms with Crippen molar-refractivity contribution in [1.82, 2.24) is 20.3 Å². The first-order valence-electron chi connectivity index (χ1n) is 11.0. The van der Waals surface area contributed by atoms with E-state index in [2.05, 4.69) is 15.6 Å². The molecule has 0 aliphatic heterocycles. The molecular weight excluding hydrogens is 434 g/mol. The maximum atomic E-state index is 13.9. The van der Waals surface area contributed by atoms with Gasteiger partial charge >= 0.3 is 0 Å². The van der Waals surface area contributed by atoms with Crippen LogP contribution >= 0.6 is 0 Å². The van der Waals surface area contributed by atoms with Gasteiger partial charge in [0.25, 0.3) is 5.91 Å². The van der Waals surface area contributed by atoms with Crippen LogP contribution in [0.3, 0.4) is 0 Å². The summed E-state index contributed by atoms with van der Waals surface area (Å²) in [5, 5.41) is 11.2. The van der Waals surface area contributed by atoms with Crippen LogP contribution in [0.1, 0.15) is 22.9 Å². The number of furan rings is 1. The number of nitrogens with one attached hydrogen (secondary N) is 1. The average Bonchev–Trinajstić information content (AvgIpc) is 3.50. The molecule has 0 aliphatic carbocycles. The molecule has 0 unspecified atom stereocenters. The van der Waals surface area contributed by atoms with Gasteiger partial charge in [-0.1, -0.05) is 29.5 Å². The lowest BCUT2D eigenvalue weighted by molar-refractivity contribution is -0.127. The van der Waals surface area contributed by atoms with Crippen LogP contribution in [0.2, 0.25) is 0 Å². The molecule has 4 aromatic rings. The first-order valence-corrected chi connectivity index (χ1v) is 11.0. The summed E-state index contributed by atoms with van der Waals surface area (Å²) in [7, 11) is 1.56. The number of methoxy groups -OCH3 is 1. The summed E-state index contributed by atoms with van der Waals surface area (Å²) in [6, 6.07) is 15.4. The minimum Gasteiger partial charge on any atom is -0.467 e. The summed E-state index contributed by atoms with van der Waals surface area (Å²) in [6.45, 7) is 4.44. The molecule has 4 rings (SSSR count). The molecule has 1 N–H and O–H groups in total. The number of hydrogen-bond donors (Lipinski definition) is 1. The van der Waals surface area contributed by atoms with Gasteiger partial charge < -0.3 is 14.5 Å². The smallest absolute Gasteiger partial charge is 0.251 e. The molecule has 176 valence electrons.